The van der Waals surface area contributed by atoms with E-state index in [4.69, 9.17) is 9.47 Å². The van der Waals surface area contributed by atoms with Gasteiger partial charge in [0.25, 0.3) is 0 Å². The first-order chi connectivity index (χ1) is 13.3. The van der Waals surface area contributed by atoms with Gasteiger partial charge in [-0.2, -0.15) is 0 Å². The fourth-order valence-corrected chi connectivity index (χ4v) is 3.05. The lowest BCUT2D eigenvalue weighted by Crippen LogP contribution is -2.43. The quantitative estimate of drug-likeness (QED) is 0.726. The third-order valence-corrected chi connectivity index (χ3v) is 4.50. The molecule has 1 aliphatic heterocycles. The molecular formula is C20H22N4O3. The van der Waals surface area contributed by atoms with Gasteiger partial charge >= 0.3 is 6.03 Å². The van der Waals surface area contributed by atoms with Crippen LogP contribution in [0.2, 0.25) is 0 Å². The van der Waals surface area contributed by atoms with E-state index in [-0.39, 0.29) is 12.1 Å². The first kappa shape index (κ1) is 17.5. The summed E-state index contributed by atoms with van der Waals surface area (Å²) in [5.74, 6) is 0. The first-order valence-electron chi connectivity index (χ1n) is 9.02. The van der Waals surface area contributed by atoms with Crippen LogP contribution in [-0.2, 0) is 16.0 Å². The number of imidazole rings is 1. The highest BCUT2D eigenvalue weighted by Crippen LogP contribution is 2.18. The van der Waals surface area contributed by atoms with Gasteiger partial charge in [-0.3, -0.25) is 4.57 Å². The number of nitrogens with zero attached hydrogens (tertiary/aromatic N) is 2. The van der Waals surface area contributed by atoms with Crippen LogP contribution in [0.3, 0.4) is 0 Å². The van der Waals surface area contributed by atoms with Gasteiger partial charge in [-0.1, -0.05) is 24.3 Å². The van der Waals surface area contributed by atoms with Gasteiger partial charge in [-0.15, -0.1) is 0 Å². The van der Waals surface area contributed by atoms with Gasteiger partial charge < -0.3 is 20.1 Å². The van der Waals surface area contributed by atoms with Crippen LogP contribution < -0.4 is 10.6 Å². The SMILES string of the molecule is O=C(NCc1ccc(-n2cnc3ccccc32)cc1)NC[C@@H]1COCCO1. The lowest BCUT2D eigenvalue weighted by molar-refractivity contribution is -0.0853. The summed E-state index contributed by atoms with van der Waals surface area (Å²) in [6, 6.07) is 15.9. The number of benzene rings is 2. The van der Waals surface area contributed by atoms with Gasteiger partial charge in [-0.25, -0.2) is 9.78 Å². The fourth-order valence-electron chi connectivity index (χ4n) is 3.05. The molecule has 1 aromatic heterocycles. The molecule has 1 fully saturated rings. The van der Waals surface area contributed by atoms with E-state index in [0.717, 1.165) is 22.3 Å². The first-order valence-corrected chi connectivity index (χ1v) is 9.02. The molecule has 27 heavy (non-hydrogen) atoms. The summed E-state index contributed by atoms with van der Waals surface area (Å²) in [6.07, 6.45) is 1.75. The molecule has 7 nitrogen and oxygen atoms in total. The van der Waals surface area contributed by atoms with Gasteiger partial charge in [0, 0.05) is 18.8 Å². The number of amides is 2. The molecule has 0 aliphatic carbocycles. The second-order valence-electron chi connectivity index (χ2n) is 6.40. The Hall–Kier alpha value is -2.90. The van der Waals surface area contributed by atoms with Gasteiger partial charge in [0.15, 0.2) is 0 Å². The van der Waals surface area contributed by atoms with Crippen molar-refractivity contribution < 1.29 is 14.3 Å². The summed E-state index contributed by atoms with van der Waals surface area (Å²) in [5.41, 5.74) is 4.09. The van der Waals surface area contributed by atoms with Crippen LogP contribution in [0.15, 0.2) is 54.9 Å². The summed E-state index contributed by atoms with van der Waals surface area (Å²) in [7, 11) is 0. The number of hydrogen-bond donors (Lipinski definition) is 2. The highest BCUT2D eigenvalue weighted by molar-refractivity contribution is 5.77. The molecule has 0 unspecified atom stereocenters. The molecule has 2 aromatic carbocycles. The second-order valence-corrected chi connectivity index (χ2v) is 6.40. The summed E-state index contributed by atoms with van der Waals surface area (Å²) in [5, 5.41) is 5.67. The molecule has 1 saturated heterocycles. The van der Waals surface area contributed by atoms with Gasteiger partial charge in [0.1, 0.15) is 6.33 Å². The molecule has 0 bridgehead atoms. The number of carbonyl (C=O) groups is 1. The zero-order chi connectivity index (χ0) is 18.5. The van der Waals surface area contributed by atoms with Gasteiger partial charge in [-0.05, 0) is 29.8 Å². The lowest BCUT2D eigenvalue weighted by Gasteiger charge is -2.23. The number of hydrogen-bond acceptors (Lipinski definition) is 4. The Bertz CT molecular complexity index is 901. The number of fused-ring (bicyclic) bond motifs is 1. The van der Waals surface area contributed by atoms with Crippen molar-refractivity contribution in [1.82, 2.24) is 20.2 Å². The molecule has 7 heteroatoms. The van der Waals surface area contributed by atoms with Crippen molar-refractivity contribution >= 4 is 17.1 Å². The molecule has 2 N–H and O–H groups in total. The maximum atomic E-state index is 11.9. The topological polar surface area (TPSA) is 77.4 Å². The van der Waals surface area contributed by atoms with E-state index in [1.807, 2.05) is 59.4 Å². The molecule has 1 aliphatic rings. The van der Waals surface area contributed by atoms with Crippen molar-refractivity contribution in [2.24, 2.45) is 0 Å². The Morgan fingerprint density at radius 3 is 2.78 bits per heavy atom. The largest absolute Gasteiger partial charge is 0.376 e. The molecule has 0 saturated carbocycles. The van der Waals surface area contributed by atoms with E-state index in [1.165, 1.54) is 0 Å². The Labute approximate surface area is 157 Å². The Morgan fingerprint density at radius 2 is 1.96 bits per heavy atom. The van der Waals surface area contributed by atoms with Crippen molar-refractivity contribution in [3.63, 3.8) is 0 Å². The van der Waals surface area contributed by atoms with Crippen LogP contribution in [0.5, 0.6) is 0 Å². The van der Waals surface area contributed by atoms with Crippen LogP contribution in [0.1, 0.15) is 5.56 Å². The molecule has 0 radical (unpaired) electrons. The predicted molar refractivity (Wildman–Crippen MR) is 102 cm³/mol. The maximum absolute atomic E-state index is 11.9. The molecular weight excluding hydrogens is 344 g/mol. The predicted octanol–water partition coefficient (Wildman–Crippen LogP) is 2.24. The number of ether oxygens (including phenoxy) is 2. The summed E-state index contributed by atoms with van der Waals surface area (Å²) < 4.78 is 12.9. The molecule has 0 spiro atoms. The van der Waals surface area contributed by atoms with Crippen molar-refractivity contribution in [3.05, 3.63) is 60.4 Å². The average molecular weight is 366 g/mol. The van der Waals surface area contributed by atoms with Crippen molar-refractivity contribution in [1.29, 1.82) is 0 Å². The highest BCUT2D eigenvalue weighted by Gasteiger charge is 2.15. The van der Waals surface area contributed by atoms with Crippen molar-refractivity contribution in [2.75, 3.05) is 26.4 Å². The van der Waals surface area contributed by atoms with E-state index < -0.39 is 0 Å². The number of aromatic nitrogens is 2. The zero-order valence-corrected chi connectivity index (χ0v) is 14.9. The highest BCUT2D eigenvalue weighted by atomic mass is 16.6. The molecule has 2 heterocycles. The van der Waals surface area contributed by atoms with Crippen LogP contribution >= 0.6 is 0 Å². The van der Waals surface area contributed by atoms with E-state index in [2.05, 4.69) is 15.6 Å². The van der Waals surface area contributed by atoms with E-state index in [1.54, 1.807) is 0 Å². The summed E-state index contributed by atoms with van der Waals surface area (Å²) in [6.45, 7) is 2.61. The third-order valence-electron chi connectivity index (χ3n) is 4.50. The van der Waals surface area contributed by atoms with Crippen LogP contribution in [0.4, 0.5) is 4.79 Å². The summed E-state index contributed by atoms with van der Waals surface area (Å²) >= 11 is 0. The second kappa shape index (κ2) is 8.20. The Kier molecular flexibility index (Phi) is 5.32. The smallest absolute Gasteiger partial charge is 0.315 e. The number of carbonyl (C=O) groups excluding carboxylic acids is 1. The number of rotatable bonds is 5. The minimum Gasteiger partial charge on any atom is -0.376 e. The Balaban J connectivity index is 1.31. The van der Waals surface area contributed by atoms with Crippen LogP contribution in [0.25, 0.3) is 16.7 Å². The fraction of sp³-hybridized carbons (Fsp3) is 0.300. The minimum atomic E-state index is -0.214. The van der Waals surface area contributed by atoms with E-state index >= 15 is 0 Å². The van der Waals surface area contributed by atoms with Crippen molar-refractivity contribution in [3.8, 4) is 5.69 Å². The standard InChI is InChI=1S/C20H22N4O3/c25-20(22-12-17-13-26-9-10-27-17)21-11-15-5-7-16(8-6-15)24-14-23-18-3-1-2-4-19(18)24/h1-8,14,17H,9-13H2,(H2,21,22,25)/t17-/m1/s1. The third kappa shape index (κ3) is 4.27. The van der Waals surface area contributed by atoms with E-state index in [9.17, 15) is 4.79 Å². The molecule has 1 atom stereocenters. The van der Waals surface area contributed by atoms with Crippen molar-refractivity contribution in [2.45, 2.75) is 12.6 Å². The minimum absolute atomic E-state index is 0.0752. The lowest BCUT2D eigenvalue weighted by atomic mass is 10.2. The number of para-hydroxylation sites is 2. The normalized spacial score (nSPS) is 17.0. The molecule has 3 aromatic rings. The number of urea groups is 1. The van der Waals surface area contributed by atoms with E-state index in [0.29, 0.717) is 32.9 Å². The Morgan fingerprint density at radius 1 is 1.11 bits per heavy atom. The van der Waals surface area contributed by atoms with Gasteiger partial charge in [0.2, 0.25) is 0 Å². The number of nitrogens with one attached hydrogen (secondary N) is 2. The monoisotopic (exact) mass is 366 g/mol. The van der Waals surface area contributed by atoms with Crippen LogP contribution in [0, 0.1) is 0 Å². The summed E-state index contributed by atoms with van der Waals surface area (Å²) in [4.78, 5) is 16.3. The van der Waals surface area contributed by atoms with Crippen LogP contribution in [-0.4, -0.2) is 48.1 Å². The van der Waals surface area contributed by atoms with Gasteiger partial charge in [0.05, 0.1) is 37.0 Å². The molecule has 4 rings (SSSR count). The zero-order valence-electron chi connectivity index (χ0n) is 14.9. The average Bonchev–Trinajstić information content (AvgIpc) is 3.16. The molecule has 140 valence electrons. The maximum Gasteiger partial charge on any atom is 0.315 e. The molecule has 2 amide bonds.